The zero-order valence-electron chi connectivity index (χ0n) is 18.3. The lowest BCUT2D eigenvalue weighted by Crippen LogP contribution is -2.48. The number of hydrogen-bond acceptors (Lipinski definition) is 6. The van der Waals surface area contributed by atoms with Gasteiger partial charge in [-0.05, 0) is 43.7 Å². The first-order chi connectivity index (χ1) is 15.3. The number of oxazole rings is 1. The molecule has 1 aliphatic rings. The maximum Gasteiger partial charge on any atom is 0.246 e. The minimum Gasteiger partial charge on any atom is -0.495 e. The molecule has 0 radical (unpaired) electrons. The van der Waals surface area contributed by atoms with Crippen molar-refractivity contribution in [3.05, 3.63) is 64.5 Å². The topological polar surface area (TPSA) is 75.9 Å². The van der Waals surface area contributed by atoms with E-state index in [-0.39, 0.29) is 4.90 Å². The van der Waals surface area contributed by atoms with Gasteiger partial charge in [0.25, 0.3) is 0 Å². The van der Waals surface area contributed by atoms with E-state index in [1.54, 1.807) is 12.1 Å². The predicted molar refractivity (Wildman–Crippen MR) is 123 cm³/mol. The Hall–Kier alpha value is -2.39. The third kappa shape index (κ3) is 4.54. The highest BCUT2D eigenvalue weighted by Gasteiger charge is 2.31. The van der Waals surface area contributed by atoms with Crippen LogP contribution in [0.1, 0.15) is 17.0 Å². The highest BCUT2D eigenvalue weighted by Crippen LogP contribution is 2.30. The molecule has 32 heavy (non-hydrogen) atoms. The van der Waals surface area contributed by atoms with Crippen molar-refractivity contribution in [1.82, 2.24) is 14.2 Å². The number of sulfonamides is 1. The van der Waals surface area contributed by atoms with E-state index < -0.39 is 10.0 Å². The summed E-state index contributed by atoms with van der Waals surface area (Å²) in [6, 6.07) is 12.6. The third-order valence-corrected chi connectivity index (χ3v) is 7.87. The Kier molecular flexibility index (Phi) is 6.57. The molecular weight excluding hydrogens is 450 g/mol. The lowest BCUT2D eigenvalue weighted by molar-refractivity contribution is 0.179. The summed E-state index contributed by atoms with van der Waals surface area (Å²) < 4.78 is 39.0. The Morgan fingerprint density at radius 2 is 1.81 bits per heavy atom. The van der Waals surface area contributed by atoms with E-state index in [2.05, 4.69) is 4.90 Å². The van der Waals surface area contributed by atoms with E-state index in [0.29, 0.717) is 49.4 Å². The van der Waals surface area contributed by atoms with Crippen LogP contribution in [0.2, 0.25) is 5.02 Å². The number of halogens is 1. The molecule has 1 aliphatic heterocycles. The first-order valence-corrected chi connectivity index (χ1v) is 12.2. The summed E-state index contributed by atoms with van der Waals surface area (Å²) in [5.41, 5.74) is 2.96. The molecule has 0 spiro atoms. The molecule has 4 rings (SSSR count). The monoisotopic (exact) mass is 475 g/mol. The van der Waals surface area contributed by atoms with Crippen molar-refractivity contribution in [3.63, 3.8) is 0 Å². The van der Waals surface area contributed by atoms with E-state index in [9.17, 15) is 8.42 Å². The summed E-state index contributed by atoms with van der Waals surface area (Å²) in [5, 5.41) is 0.356. The molecule has 2 aromatic carbocycles. The summed E-state index contributed by atoms with van der Waals surface area (Å²) in [4.78, 5) is 6.99. The second-order valence-corrected chi connectivity index (χ2v) is 10.2. The minimum atomic E-state index is -3.71. The largest absolute Gasteiger partial charge is 0.495 e. The Bertz CT molecular complexity index is 1220. The summed E-state index contributed by atoms with van der Waals surface area (Å²) >= 11 is 6.04. The van der Waals surface area contributed by atoms with Crippen molar-refractivity contribution in [2.75, 3.05) is 33.3 Å². The van der Waals surface area contributed by atoms with Gasteiger partial charge in [0.15, 0.2) is 0 Å². The van der Waals surface area contributed by atoms with Gasteiger partial charge in [-0.25, -0.2) is 13.4 Å². The van der Waals surface area contributed by atoms with Crippen LogP contribution in [0.5, 0.6) is 5.75 Å². The van der Waals surface area contributed by atoms with Crippen LogP contribution in [0.3, 0.4) is 0 Å². The summed E-state index contributed by atoms with van der Waals surface area (Å²) in [7, 11) is -2.26. The van der Waals surface area contributed by atoms with Crippen LogP contribution >= 0.6 is 11.6 Å². The maximum absolute atomic E-state index is 13.2. The summed E-state index contributed by atoms with van der Waals surface area (Å²) in [6.07, 6.45) is 0. The van der Waals surface area contributed by atoms with E-state index >= 15 is 0 Å². The highest BCUT2D eigenvalue weighted by molar-refractivity contribution is 7.89. The van der Waals surface area contributed by atoms with Gasteiger partial charge >= 0.3 is 0 Å². The quantitative estimate of drug-likeness (QED) is 0.533. The molecule has 2 heterocycles. The first-order valence-electron chi connectivity index (χ1n) is 10.4. The van der Waals surface area contributed by atoms with Gasteiger partial charge in [-0.3, -0.25) is 4.90 Å². The summed E-state index contributed by atoms with van der Waals surface area (Å²) in [5.74, 6) is 1.69. The molecular formula is C23H26ClN3O4S. The molecule has 0 N–H and O–H groups in total. The number of piperazine rings is 1. The molecule has 3 aromatic rings. The fourth-order valence-corrected chi connectivity index (χ4v) is 5.67. The smallest absolute Gasteiger partial charge is 0.246 e. The molecule has 0 saturated carbocycles. The van der Waals surface area contributed by atoms with Gasteiger partial charge in [0.1, 0.15) is 16.4 Å². The van der Waals surface area contributed by atoms with Crippen molar-refractivity contribution in [1.29, 1.82) is 0 Å². The van der Waals surface area contributed by atoms with Crippen molar-refractivity contribution >= 4 is 21.6 Å². The van der Waals surface area contributed by atoms with E-state index in [1.807, 2.05) is 38.1 Å². The number of ether oxygens (including phenoxy) is 1. The lowest BCUT2D eigenvalue weighted by Gasteiger charge is -2.33. The van der Waals surface area contributed by atoms with E-state index in [0.717, 1.165) is 22.6 Å². The molecule has 1 aromatic heterocycles. The van der Waals surface area contributed by atoms with Crippen molar-refractivity contribution in [2.45, 2.75) is 25.3 Å². The molecule has 1 saturated heterocycles. The third-order valence-electron chi connectivity index (χ3n) is 5.72. The van der Waals surface area contributed by atoms with Gasteiger partial charge in [-0.2, -0.15) is 4.31 Å². The van der Waals surface area contributed by atoms with E-state index in [4.69, 9.17) is 25.7 Å². The van der Waals surface area contributed by atoms with Gasteiger partial charge in [0.05, 0.1) is 12.8 Å². The first kappa shape index (κ1) is 22.8. The molecule has 9 heteroatoms. The summed E-state index contributed by atoms with van der Waals surface area (Å²) in [6.45, 7) is 6.48. The van der Waals surface area contributed by atoms with Crippen LogP contribution < -0.4 is 4.74 Å². The molecule has 0 unspecified atom stereocenters. The van der Waals surface area contributed by atoms with Crippen LogP contribution in [-0.4, -0.2) is 55.9 Å². The highest BCUT2D eigenvalue weighted by atomic mass is 35.5. The van der Waals surface area contributed by atoms with Crippen LogP contribution in [0.4, 0.5) is 0 Å². The molecule has 0 atom stereocenters. The second-order valence-electron chi connectivity index (χ2n) is 7.81. The minimum absolute atomic E-state index is 0.0937. The normalized spacial score (nSPS) is 15.8. The number of hydrogen-bond donors (Lipinski definition) is 0. The second kappa shape index (κ2) is 9.23. The number of rotatable bonds is 6. The molecule has 7 nitrogen and oxygen atoms in total. The average molecular weight is 476 g/mol. The van der Waals surface area contributed by atoms with Crippen molar-refractivity contribution < 1.29 is 17.6 Å². The molecule has 170 valence electrons. The Labute approximate surface area is 193 Å². The number of methoxy groups -OCH3 is 1. The van der Waals surface area contributed by atoms with Crippen LogP contribution in [0.15, 0.2) is 51.8 Å². The number of aryl methyl sites for hydroxylation is 2. The van der Waals surface area contributed by atoms with Gasteiger partial charge in [-0.1, -0.05) is 29.8 Å². The molecule has 0 bridgehead atoms. The van der Waals surface area contributed by atoms with Gasteiger partial charge < -0.3 is 9.15 Å². The number of aromatic nitrogens is 1. The SMILES string of the molecule is COc1ccc(Cl)cc1S(=O)(=O)N1CCN(Cc2nc(-c3ccccc3C)oc2C)CC1. The maximum atomic E-state index is 13.2. The fourth-order valence-electron chi connectivity index (χ4n) is 3.83. The van der Waals surface area contributed by atoms with Gasteiger partial charge in [0, 0.05) is 43.3 Å². The Morgan fingerprint density at radius 3 is 2.50 bits per heavy atom. The van der Waals surface area contributed by atoms with Crippen molar-refractivity contribution in [2.24, 2.45) is 0 Å². The van der Waals surface area contributed by atoms with Crippen LogP contribution in [-0.2, 0) is 16.6 Å². The number of benzene rings is 2. The van der Waals surface area contributed by atoms with Crippen molar-refractivity contribution in [3.8, 4) is 17.2 Å². The zero-order chi connectivity index (χ0) is 22.9. The molecule has 1 fully saturated rings. The fraction of sp³-hybridized carbons (Fsp3) is 0.348. The zero-order valence-corrected chi connectivity index (χ0v) is 19.9. The van der Waals surface area contributed by atoms with Crippen LogP contribution in [0, 0.1) is 13.8 Å². The standard InChI is InChI=1S/C23H26ClN3O4S/c1-16-6-4-5-7-19(16)23-25-20(17(2)31-23)15-26-10-12-27(13-11-26)32(28,29)22-14-18(24)8-9-21(22)30-3/h4-9,14H,10-13,15H2,1-3H3. The predicted octanol–water partition coefficient (Wildman–Crippen LogP) is 4.13. The Balaban J connectivity index is 1.45. The van der Waals surface area contributed by atoms with Gasteiger partial charge in [-0.15, -0.1) is 0 Å². The Morgan fingerprint density at radius 1 is 1.09 bits per heavy atom. The molecule has 0 amide bonds. The lowest BCUT2D eigenvalue weighted by atomic mass is 10.1. The number of nitrogens with zero attached hydrogens (tertiary/aromatic N) is 3. The van der Waals surface area contributed by atoms with Crippen LogP contribution in [0.25, 0.3) is 11.5 Å². The van der Waals surface area contributed by atoms with Gasteiger partial charge in [0.2, 0.25) is 15.9 Å². The molecule has 0 aliphatic carbocycles. The average Bonchev–Trinajstić information content (AvgIpc) is 3.14. The van der Waals surface area contributed by atoms with E-state index in [1.165, 1.54) is 17.5 Å².